The van der Waals surface area contributed by atoms with Crippen molar-refractivity contribution in [3.8, 4) is 5.75 Å². The van der Waals surface area contributed by atoms with E-state index in [1.165, 1.54) is 24.3 Å². The molecule has 6 aliphatic rings. The van der Waals surface area contributed by atoms with E-state index in [2.05, 4.69) is 47.2 Å². The molecule has 0 aromatic heterocycles. The average Bonchev–Trinajstić information content (AvgIpc) is 1.77. The van der Waals surface area contributed by atoms with Gasteiger partial charge in [0.2, 0.25) is 41.7 Å². The van der Waals surface area contributed by atoms with Gasteiger partial charge in [-0.3, -0.25) is 43.5 Å². The summed E-state index contributed by atoms with van der Waals surface area (Å²) in [6.07, 6.45) is -31.9. The number of rotatable bonds is 20. The number of nitrogens with two attached hydrogens (primary N) is 2. The second-order valence-electron chi connectivity index (χ2n) is 24.6. The number of hydrogen-bond donors (Lipinski definition) is 22. The van der Waals surface area contributed by atoms with Crippen molar-refractivity contribution in [1.82, 2.24) is 42.1 Å². The van der Waals surface area contributed by atoms with Gasteiger partial charge in [0, 0.05) is 18.8 Å². The van der Waals surface area contributed by atoms with Crippen LogP contribution in [-0.4, -0.2) is 317 Å². The zero-order chi connectivity index (χ0) is 70.9. The lowest BCUT2D eigenvalue weighted by Crippen LogP contribution is -2.70. The summed E-state index contributed by atoms with van der Waals surface area (Å²) in [5, 5.41) is 160. The van der Waals surface area contributed by atoms with Crippen molar-refractivity contribution in [1.29, 1.82) is 0 Å². The molecule has 8 rings (SSSR count). The first-order valence-corrected chi connectivity index (χ1v) is 31.2. The van der Waals surface area contributed by atoms with Crippen LogP contribution in [-0.2, 0) is 63.7 Å². The topological polar surface area (TPSA) is 602 Å². The molecule has 97 heavy (non-hydrogen) atoms. The molecule has 2 aromatic rings. The molecule has 6 aliphatic heterocycles. The van der Waals surface area contributed by atoms with Crippen molar-refractivity contribution in [3.05, 3.63) is 65.7 Å². The lowest BCUT2D eigenvalue weighted by atomic mass is 9.92. The Morgan fingerprint density at radius 1 is 0.598 bits per heavy atom. The van der Waals surface area contributed by atoms with E-state index in [0.29, 0.717) is 5.56 Å². The molecule has 0 spiro atoms. The van der Waals surface area contributed by atoms with Crippen molar-refractivity contribution in [2.75, 3.05) is 46.1 Å². The number of amides is 6. The molecule has 24 N–H and O–H groups in total. The first-order valence-electron chi connectivity index (χ1n) is 31.2. The summed E-state index contributed by atoms with van der Waals surface area (Å²) in [7, 11) is 0. The number of guanidine groups is 2. The van der Waals surface area contributed by atoms with Gasteiger partial charge >= 0.3 is 5.97 Å². The number of ether oxygens (including phenoxy) is 6. The molecule has 6 heterocycles. The van der Waals surface area contributed by atoms with Gasteiger partial charge in [-0.05, 0) is 29.2 Å². The number of aliphatic hydroxyl groups excluding tert-OH is 13. The molecule has 38 nitrogen and oxygen atoms in total. The van der Waals surface area contributed by atoms with Crippen LogP contribution in [0.25, 0.3) is 0 Å². The number of hydrogen-bond acceptors (Lipinski definition) is 32. The fraction of sp³-hybridized carbons (Fsp3) is 0.644. The summed E-state index contributed by atoms with van der Waals surface area (Å²) in [5.41, 5.74) is 12.8. The quantitative estimate of drug-likeness (QED) is 0.0547. The molecule has 0 bridgehead atoms. The predicted octanol–water partition coefficient (Wildman–Crippen LogP) is -12.0. The van der Waals surface area contributed by atoms with Gasteiger partial charge in [0.05, 0.1) is 58.1 Å². The van der Waals surface area contributed by atoms with Crippen molar-refractivity contribution in [3.63, 3.8) is 0 Å². The molecule has 0 saturated carbocycles. The van der Waals surface area contributed by atoms with E-state index in [1.54, 1.807) is 51.1 Å². The summed E-state index contributed by atoms with van der Waals surface area (Å²) in [6.45, 7) is -0.556. The van der Waals surface area contributed by atoms with Crippen molar-refractivity contribution >= 4 is 53.3 Å². The second-order valence-corrected chi connectivity index (χ2v) is 24.6. The van der Waals surface area contributed by atoms with Crippen LogP contribution in [0.15, 0.2) is 64.6 Å². The van der Waals surface area contributed by atoms with Crippen LogP contribution in [0, 0.1) is 5.92 Å². The van der Waals surface area contributed by atoms with E-state index in [4.69, 9.17) is 39.9 Å². The zero-order valence-electron chi connectivity index (χ0n) is 52.7. The Labute approximate surface area is 553 Å². The SMILES string of the molecule is CC(C)CC(=O)O[C@@H]1C(CO)O[C@H](O[C@@H]2C(CO)O[C@H](Oc3ccc(C[C@H]4NC(=O)[C@H]([C@@H](C)c5ccccc5)NC(=O)CNC(=O)[C@H](CO)NC(=O)[C@@H]([C@@H](O)[C@@H]5CN=C(N)N5[C@H]5OC(CO)[C@@H](O)C(O)C5O)NC(=O)[C@H]([C@@H](O)[C@@H]5CN=C(N)N5)NC4=O)cc3)C(O)C2O)C(O)C1O. The number of benzene rings is 2. The highest BCUT2D eigenvalue weighted by molar-refractivity contribution is 5.98. The van der Waals surface area contributed by atoms with Gasteiger partial charge in [0.25, 0.3) is 0 Å². The molecule has 6 amide bonds. The summed E-state index contributed by atoms with van der Waals surface area (Å²) in [6, 6.07) is 0.741. The molecule has 538 valence electrons. The maximum Gasteiger partial charge on any atom is 0.306 e. The first kappa shape index (κ1) is 75.2. The van der Waals surface area contributed by atoms with E-state index in [-0.39, 0.29) is 36.2 Å². The monoisotopic (exact) mass is 1380 g/mol. The van der Waals surface area contributed by atoms with Gasteiger partial charge in [-0.15, -0.1) is 0 Å². The van der Waals surface area contributed by atoms with Gasteiger partial charge in [-0.25, -0.2) is 0 Å². The van der Waals surface area contributed by atoms with Crippen LogP contribution < -0.4 is 53.4 Å². The summed E-state index contributed by atoms with van der Waals surface area (Å²) < 4.78 is 34.1. The van der Waals surface area contributed by atoms with E-state index >= 15 is 9.59 Å². The number of nitrogens with zero attached hydrogens (tertiary/aromatic N) is 3. The number of carbonyl (C=O) groups excluding carboxylic acids is 7. The average molecular weight is 1380 g/mol. The van der Waals surface area contributed by atoms with E-state index in [9.17, 15) is 90.4 Å². The Hall–Kier alpha value is -7.61. The number of aliphatic hydroxyl groups is 13. The molecular weight excluding hydrogens is 1290 g/mol. The third-order valence-corrected chi connectivity index (χ3v) is 17.3. The van der Waals surface area contributed by atoms with Gasteiger partial charge in [-0.1, -0.05) is 63.2 Å². The molecule has 25 atom stereocenters. The fourth-order valence-corrected chi connectivity index (χ4v) is 11.9. The normalized spacial score (nSPS) is 35.9. The van der Waals surface area contributed by atoms with E-state index < -0.39 is 246 Å². The molecular formula is C59H86N12O26. The minimum absolute atomic E-state index is 0.0604. The van der Waals surface area contributed by atoms with Crippen LogP contribution in [0.2, 0.25) is 0 Å². The van der Waals surface area contributed by atoms with Crippen molar-refractivity contribution in [2.24, 2.45) is 27.4 Å². The van der Waals surface area contributed by atoms with Gasteiger partial charge in [0.15, 0.2) is 30.5 Å². The fourth-order valence-electron chi connectivity index (χ4n) is 11.9. The molecule has 2 aromatic carbocycles. The second kappa shape index (κ2) is 33.3. The summed E-state index contributed by atoms with van der Waals surface area (Å²) >= 11 is 0. The Morgan fingerprint density at radius 3 is 1.81 bits per heavy atom. The standard InChI is InChI=1S/C59H86N12O26/c1-22(2)13-35(77)96-48-32(20-74)95-57(47(86)43(48)82)97-49-33(21-75)94-56(46(85)44(49)83)92-26-11-9-24(10-12-26)14-27-51(88)69-37(39(78)28-15-63-58(60)67-28)54(91)70-38(40(79)30-16-64-59(61)71(30)55-45(84)42(81)41(80)31(19-73)93-55)53(90)66-29(18-72)50(87)62-17-34(76)68-36(52(89)65-27)23(3)25-7-5-4-6-8-25/h4-12,22-23,27-33,36-49,55-57,72-75,78-86H,13-21H2,1-3H3,(H2,61,64)(H,62,87)(H,65,89)(H,66,90)(H,68,76)(H,69,88)(H,70,91)(H3,60,63,67)/t23-,27+,28-,29-,30-,31?,32?,33?,36-,37-,38+,39-,40-,41+,42?,43?,44?,45?,46?,47?,48+,49+,55-,56-,57+/m0/s1. The van der Waals surface area contributed by atoms with Gasteiger partial charge in [0.1, 0.15) is 115 Å². The maximum atomic E-state index is 15.2. The molecule has 0 radical (unpaired) electrons. The van der Waals surface area contributed by atoms with E-state index in [1.807, 2.05) is 0 Å². The van der Waals surface area contributed by atoms with Crippen LogP contribution in [0.3, 0.4) is 0 Å². The molecule has 4 saturated heterocycles. The number of aliphatic imine (C=N–C) groups is 2. The lowest BCUT2D eigenvalue weighted by molar-refractivity contribution is -0.353. The highest BCUT2D eigenvalue weighted by Crippen LogP contribution is 2.33. The van der Waals surface area contributed by atoms with Crippen molar-refractivity contribution in [2.45, 2.75) is 186 Å². The van der Waals surface area contributed by atoms with Crippen LogP contribution >= 0.6 is 0 Å². The Bertz CT molecular complexity index is 3100. The summed E-state index contributed by atoms with van der Waals surface area (Å²) in [5.74, 6) is -9.95. The molecule has 4 fully saturated rings. The Balaban J connectivity index is 1.08. The van der Waals surface area contributed by atoms with Crippen LogP contribution in [0.1, 0.15) is 44.2 Å². The largest absolute Gasteiger partial charge is 0.462 e. The Morgan fingerprint density at radius 2 is 1.19 bits per heavy atom. The zero-order valence-corrected chi connectivity index (χ0v) is 52.7. The van der Waals surface area contributed by atoms with Gasteiger partial charge in [-0.2, -0.15) is 0 Å². The molecule has 38 heteroatoms. The third-order valence-electron chi connectivity index (χ3n) is 17.3. The van der Waals surface area contributed by atoms with Crippen molar-refractivity contribution < 1.29 is 128 Å². The molecule has 9 unspecified atom stereocenters. The first-order chi connectivity index (χ1) is 46.1. The highest BCUT2D eigenvalue weighted by atomic mass is 16.7. The van der Waals surface area contributed by atoms with Crippen LogP contribution in [0.5, 0.6) is 5.75 Å². The number of nitrogens with one attached hydrogen (secondary N) is 7. The third kappa shape index (κ3) is 17.6. The Kier molecular flexibility index (Phi) is 25.8. The lowest BCUT2D eigenvalue weighted by Gasteiger charge is -2.46. The minimum Gasteiger partial charge on any atom is -0.462 e. The maximum absolute atomic E-state index is 15.2. The minimum atomic E-state index is -2.35. The molecule has 0 aliphatic carbocycles. The van der Waals surface area contributed by atoms with Crippen LogP contribution in [0.4, 0.5) is 0 Å². The predicted molar refractivity (Wildman–Crippen MR) is 326 cm³/mol. The number of carbonyl (C=O) groups is 7. The highest BCUT2D eigenvalue weighted by Gasteiger charge is 2.55. The van der Waals surface area contributed by atoms with E-state index in [0.717, 1.165) is 4.90 Å². The number of esters is 1. The summed E-state index contributed by atoms with van der Waals surface area (Å²) in [4.78, 5) is 109. The van der Waals surface area contributed by atoms with Gasteiger partial charge < -0.3 is 148 Å². The smallest absolute Gasteiger partial charge is 0.306 e.